The number of benzene rings is 2. The van der Waals surface area contributed by atoms with E-state index in [0.29, 0.717) is 18.4 Å². The van der Waals surface area contributed by atoms with Gasteiger partial charge in [-0.05, 0) is 49.6 Å². The highest BCUT2D eigenvalue weighted by Crippen LogP contribution is 2.32. The van der Waals surface area contributed by atoms with Crippen molar-refractivity contribution < 1.29 is 12.8 Å². The van der Waals surface area contributed by atoms with E-state index in [1.807, 2.05) is 6.92 Å². The summed E-state index contributed by atoms with van der Waals surface area (Å²) < 4.78 is 41.9. The standard InChI is InChI=1S/C20H22FNO2S/c1-4-14-20(15-5-2,17-8-10-18(21)11-9-17)22-25(23,24)19-12-6-16(3)7-13-19/h4-13,22H,1-2,14-15H2,3H3. The van der Waals surface area contributed by atoms with E-state index in [9.17, 15) is 12.8 Å². The van der Waals surface area contributed by atoms with Gasteiger partial charge in [-0.2, -0.15) is 4.72 Å². The molecule has 0 saturated carbocycles. The van der Waals surface area contributed by atoms with Crippen LogP contribution in [0.25, 0.3) is 0 Å². The predicted octanol–water partition coefficient (Wildman–Crippen LogP) is 4.46. The van der Waals surface area contributed by atoms with Crippen molar-refractivity contribution in [2.75, 3.05) is 0 Å². The summed E-state index contributed by atoms with van der Waals surface area (Å²) in [6.07, 6.45) is 3.97. The molecule has 0 heterocycles. The van der Waals surface area contributed by atoms with Gasteiger partial charge < -0.3 is 0 Å². The molecule has 0 aromatic heterocycles. The van der Waals surface area contributed by atoms with Crippen molar-refractivity contribution in [2.24, 2.45) is 0 Å². The molecule has 0 spiro atoms. The zero-order chi connectivity index (χ0) is 18.5. The van der Waals surface area contributed by atoms with E-state index >= 15 is 0 Å². The second-order valence-electron chi connectivity index (χ2n) is 5.99. The molecule has 0 radical (unpaired) electrons. The molecular formula is C20H22FNO2S. The molecule has 2 aromatic rings. The van der Waals surface area contributed by atoms with Gasteiger partial charge in [0.25, 0.3) is 0 Å². The first kappa shape index (κ1) is 19.1. The lowest BCUT2D eigenvalue weighted by Gasteiger charge is -2.33. The molecule has 1 N–H and O–H groups in total. The Morgan fingerprint density at radius 2 is 1.52 bits per heavy atom. The lowest BCUT2D eigenvalue weighted by molar-refractivity contribution is 0.399. The van der Waals surface area contributed by atoms with Gasteiger partial charge in [0.1, 0.15) is 5.82 Å². The summed E-state index contributed by atoms with van der Waals surface area (Å²) in [5.41, 5.74) is 0.659. The lowest BCUT2D eigenvalue weighted by atomic mass is 9.84. The van der Waals surface area contributed by atoms with Gasteiger partial charge in [-0.1, -0.05) is 42.0 Å². The Hall–Kier alpha value is -2.24. The zero-order valence-electron chi connectivity index (χ0n) is 14.2. The fourth-order valence-corrected chi connectivity index (χ4v) is 4.17. The summed E-state index contributed by atoms with van der Waals surface area (Å²) >= 11 is 0. The molecule has 0 unspecified atom stereocenters. The number of aryl methyl sites for hydroxylation is 1. The molecule has 0 aliphatic heterocycles. The quantitative estimate of drug-likeness (QED) is 0.707. The van der Waals surface area contributed by atoms with Crippen LogP contribution in [0.4, 0.5) is 4.39 Å². The first-order valence-electron chi connectivity index (χ1n) is 7.91. The van der Waals surface area contributed by atoms with Crippen LogP contribution in [0.2, 0.25) is 0 Å². The van der Waals surface area contributed by atoms with E-state index in [2.05, 4.69) is 17.9 Å². The number of sulfonamides is 1. The molecule has 0 aliphatic rings. The fraction of sp³-hybridized carbons (Fsp3) is 0.200. The van der Waals surface area contributed by atoms with Crippen molar-refractivity contribution in [1.82, 2.24) is 4.72 Å². The van der Waals surface area contributed by atoms with E-state index in [0.717, 1.165) is 5.56 Å². The molecule has 132 valence electrons. The molecule has 2 rings (SSSR count). The number of hydrogen-bond donors (Lipinski definition) is 1. The van der Waals surface area contributed by atoms with Gasteiger partial charge in [-0.15, -0.1) is 13.2 Å². The Morgan fingerprint density at radius 3 is 2.00 bits per heavy atom. The number of halogens is 1. The minimum Gasteiger partial charge on any atom is -0.207 e. The summed E-state index contributed by atoms with van der Waals surface area (Å²) in [5.74, 6) is -0.378. The molecule has 3 nitrogen and oxygen atoms in total. The highest BCUT2D eigenvalue weighted by atomic mass is 32.2. The van der Waals surface area contributed by atoms with Crippen LogP contribution in [-0.4, -0.2) is 8.42 Å². The number of rotatable bonds is 8. The van der Waals surface area contributed by atoms with Crippen LogP contribution in [0.15, 0.2) is 78.7 Å². The summed E-state index contributed by atoms with van der Waals surface area (Å²) in [7, 11) is -3.78. The minimum absolute atomic E-state index is 0.178. The highest BCUT2D eigenvalue weighted by molar-refractivity contribution is 7.89. The summed E-state index contributed by atoms with van der Waals surface area (Å²) in [5, 5.41) is 0. The maximum Gasteiger partial charge on any atom is 0.241 e. The number of nitrogens with one attached hydrogen (secondary N) is 1. The van der Waals surface area contributed by atoms with Gasteiger partial charge in [-0.25, -0.2) is 12.8 Å². The van der Waals surface area contributed by atoms with Crippen LogP contribution < -0.4 is 4.72 Å². The Balaban J connectivity index is 2.51. The maximum absolute atomic E-state index is 13.3. The van der Waals surface area contributed by atoms with E-state index in [4.69, 9.17) is 0 Å². The van der Waals surface area contributed by atoms with Crippen LogP contribution in [-0.2, 0) is 15.6 Å². The molecule has 2 aromatic carbocycles. The van der Waals surface area contributed by atoms with Gasteiger partial charge in [-0.3, -0.25) is 0 Å². The molecule has 5 heteroatoms. The maximum atomic E-state index is 13.3. The van der Waals surface area contributed by atoms with Crippen molar-refractivity contribution in [3.8, 4) is 0 Å². The van der Waals surface area contributed by atoms with Gasteiger partial charge in [0.15, 0.2) is 0 Å². The monoisotopic (exact) mass is 359 g/mol. The second kappa shape index (κ2) is 7.76. The van der Waals surface area contributed by atoms with Gasteiger partial charge >= 0.3 is 0 Å². The van der Waals surface area contributed by atoms with E-state index in [1.54, 1.807) is 48.6 Å². The minimum atomic E-state index is -3.78. The Bertz CT molecular complexity index is 830. The smallest absolute Gasteiger partial charge is 0.207 e. The molecular weight excluding hydrogens is 337 g/mol. The van der Waals surface area contributed by atoms with Gasteiger partial charge in [0.2, 0.25) is 10.0 Å². The molecule has 25 heavy (non-hydrogen) atoms. The van der Waals surface area contributed by atoms with Crippen LogP contribution in [0, 0.1) is 12.7 Å². The zero-order valence-corrected chi connectivity index (χ0v) is 15.0. The molecule has 0 fully saturated rings. The Kier molecular flexibility index (Phi) is 5.93. The Labute approximate surface area is 149 Å². The molecule has 0 amide bonds. The molecule has 0 bridgehead atoms. The molecule has 0 saturated heterocycles. The van der Waals surface area contributed by atoms with Crippen LogP contribution in [0.1, 0.15) is 24.0 Å². The number of hydrogen-bond acceptors (Lipinski definition) is 2. The lowest BCUT2D eigenvalue weighted by Crippen LogP contribution is -2.45. The van der Waals surface area contributed by atoms with Crippen molar-refractivity contribution in [2.45, 2.75) is 30.2 Å². The molecule has 0 atom stereocenters. The van der Waals surface area contributed by atoms with Crippen molar-refractivity contribution in [3.05, 3.63) is 90.8 Å². The summed E-state index contributed by atoms with van der Waals surface area (Å²) in [6, 6.07) is 12.4. The van der Waals surface area contributed by atoms with Crippen molar-refractivity contribution in [1.29, 1.82) is 0 Å². The third-order valence-corrected chi connectivity index (χ3v) is 5.60. The first-order chi connectivity index (χ1) is 11.8. The van der Waals surface area contributed by atoms with Gasteiger partial charge in [0, 0.05) is 0 Å². The molecule has 0 aliphatic carbocycles. The van der Waals surface area contributed by atoms with Gasteiger partial charge in [0.05, 0.1) is 10.4 Å². The van der Waals surface area contributed by atoms with Crippen LogP contribution in [0.5, 0.6) is 0 Å². The SMILES string of the molecule is C=CCC(CC=C)(NS(=O)(=O)c1ccc(C)cc1)c1ccc(F)cc1. The normalized spacial score (nSPS) is 11.9. The predicted molar refractivity (Wildman–Crippen MR) is 99.2 cm³/mol. The van der Waals surface area contributed by atoms with E-state index in [1.165, 1.54) is 12.1 Å². The third-order valence-electron chi connectivity index (χ3n) is 4.04. The largest absolute Gasteiger partial charge is 0.241 e. The van der Waals surface area contributed by atoms with E-state index in [-0.39, 0.29) is 10.7 Å². The summed E-state index contributed by atoms with van der Waals surface area (Å²) in [4.78, 5) is 0.178. The topological polar surface area (TPSA) is 46.2 Å². The van der Waals surface area contributed by atoms with Crippen molar-refractivity contribution >= 4 is 10.0 Å². The average Bonchev–Trinajstić information content (AvgIpc) is 2.56. The first-order valence-corrected chi connectivity index (χ1v) is 9.40. The Morgan fingerprint density at radius 1 is 1.00 bits per heavy atom. The second-order valence-corrected chi connectivity index (χ2v) is 7.68. The fourth-order valence-electron chi connectivity index (χ4n) is 2.76. The van der Waals surface area contributed by atoms with Crippen LogP contribution in [0.3, 0.4) is 0 Å². The highest BCUT2D eigenvalue weighted by Gasteiger charge is 2.35. The summed E-state index contributed by atoms with van der Waals surface area (Å²) in [6.45, 7) is 9.37. The average molecular weight is 359 g/mol. The van der Waals surface area contributed by atoms with Crippen LogP contribution >= 0.6 is 0 Å². The van der Waals surface area contributed by atoms with Crippen molar-refractivity contribution in [3.63, 3.8) is 0 Å². The van der Waals surface area contributed by atoms with E-state index < -0.39 is 15.6 Å². The third kappa shape index (κ3) is 4.44.